The number of pyridine rings is 1. The molecule has 1 aliphatic carbocycles. The van der Waals surface area contributed by atoms with Crippen molar-refractivity contribution in [1.82, 2.24) is 4.98 Å². The first-order valence-corrected chi connectivity index (χ1v) is 7.48. The van der Waals surface area contributed by atoms with Crippen LogP contribution in [0.4, 0.5) is 11.4 Å². The van der Waals surface area contributed by atoms with Crippen LogP contribution in [-0.4, -0.2) is 11.0 Å². The third kappa shape index (κ3) is 2.33. The summed E-state index contributed by atoms with van der Waals surface area (Å²) in [5.74, 6) is 0. The number of benzene rings is 1. The summed E-state index contributed by atoms with van der Waals surface area (Å²) in [7, 11) is 0. The van der Waals surface area contributed by atoms with Crippen LogP contribution in [0.3, 0.4) is 0 Å². The predicted octanol–water partition coefficient (Wildman–Crippen LogP) is 4.20. The zero-order valence-corrected chi connectivity index (χ0v) is 12.3. The van der Waals surface area contributed by atoms with E-state index < -0.39 is 0 Å². The van der Waals surface area contributed by atoms with Crippen molar-refractivity contribution in [3.05, 3.63) is 30.5 Å². The van der Waals surface area contributed by atoms with Gasteiger partial charge in [-0.05, 0) is 24.3 Å². The maximum atomic E-state index is 6.17. The van der Waals surface area contributed by atoms with Gasteiger partial charge in [0.05, 0.1) is 23.1 Å². The van der Waals surface area contributed by atoms with Crippen molar-refractivity contribution in [3.63, 3.8) is 0 Å². The Kier molecular flexibility index (Phi) is 3.28. The van der Waals surface area contributed by atoms with Gasteiger partial charge in [0.1, 0.15) is 0 Å². The van der Waals surface area contributed by atoms with E-state index in [1.807, 2.05) is 18.2 Å². The van der Waals surface area contributed by atoms with Crippen LogP contribution in [0.15, 0.2) is 30.5 Å². The lowest BCUT2D eigenvalue weighted by Gasteiger charge is -2.40. The number of nitrogens with two attached hydrogens (primary N) is 1. The first kappa shape index (κ1) is 13.2. The number of nitrogen functional groups attached to an aromatic ring is 1. The van der Waals surface area contributed by atoms with E-state index in [4.69, 9.17) is 5.73 Å². The first-order valence-electron chi connectivity index (χ1n) is 7.48. The summed E-state index contributed by atoms with van der Waals surface area (Å²) in [5, 5.41) is 4.84. The molecule has 1 fully saturated rings. The van der Waals surface area contributed by atoms with Crippen LogP contribution in [0.2, 0.25) is 0 Å². The molecule has 1 heterocycles. The minimum Gasteiger partial charge on any atom is -0.396 e. The number of aromatic nitrogens is 1. The SMILES string of the molecule is CC1(C)CCCCC1Nc1c(N)cnc2ccccc12. The number of anilines is 2. The fraction of sp³-hybridized carbons (Fsp3) is 0.471. The van der Waals surface area contributed by atoms with Gasteiger partial charge in [0.15, 0.2) is 0 Å². The Morgan fingerprint density at radius 3 is 2.85 bits per heavy atom. The van der Waals surface area contributed by atoms with E-state index in [1.54, 1.807) is 6.20 Å². The van der Waals surface area contributed by atoms with Gasteiger partial charge in [-0.15, -0.1) is 0 Å². The number of nitrogens with one attached hydrogen (secondary N) is 1. The number of hydrogen-bond donors (Lipinski definition) is 2. The summed E-state index contributed by atoms with van der Waals surface area (Å²) >= 11 is 0. The van der Waals surface area contributed by atoms with Crippen molar-refractivity contribution < 1.29 is 0 Å². The molecule has 3 nitrogen and oxygen atoms in total. The molecule has 0 spiro atoms. The second-order valence-corrected chi connectivity index (χ2v) is 6.54. The van der Waals surface area contributed by atoms with Crippen molar-refractivity contribution in [2.24, 2.45) is 5.41 Å². The summed E-state index contributed by atoms with van der Waals surface area (Å²) in [6.45, 7) is 4.70. The third-order valence-corrected chi connectivity index (χ3v) is 4.63. The summed E-state index contributed by atoms with van der Waals surface area (Å²) in [6.07, 6.45) is 6.87. The van der Waals surface area contributed by atoms with Gasteiger partial charge < -0.3 is 11.1 Å². The van der Waals surface area contributed by atoms with Gasteiger partial charge in [0.25, 0.3) is 0 Å². The van der Waals surface area contributed by atoms with Gasteiger partial charge in [-0.25, -0.2) is 0 Å². The maximum absolute atomic E-state index is 6.17. The second-order valence-electron chi connectivity index (χ2n) is 6.54. The predicted molar refractivity (Wildman–Crippen MR) is 85.8 cm³/mol. The number of rotatable bonds is 2. The Morgan fingerprint density at radius 2 is 2.05 bits per heavy atom. The summed E-state index contributed by atoms with van der Waals surface area (Å²) < 4.78 is 0. The van der Waals surface area contributed by atoms with Crippen molar-refractivity contribution in [2.45, 2.75) is 45.6 Å². The van der Waals surface area contributed by atoms with Crippen LogP contribution in [0.1, 0.15) is 39.5 Å². The Hall–Kier alpha value is -1.77. The summed E-state index contributed by atoms with van der Waals surface area (Å²) in [4.78, 5) is 4.41. The number of para-hydroxylation sites is 1. The van der Waals surface area contributed by atoms with Gasteiger partial charge in [-0.1, -0.05) is 44.9 Å². The van der Waals surface area contributed by atoms with E-state index in [2.05, 4.69) is 30.2 Å². The number of hydrogen-bond acceptors (Lipinski definition) is 3. The smallest absolute Gasteiger partial charge is 0.0743 e. The molecule has 1 aromatic heterocycles. The standard InChI is InChI=1S/C17H23N3/c1-17(2)10-6-5-9-15(17)20-16-12-7-3-4-8-14(12)19-11-13(16)18/h3-4,7-8,11,15H,5-6,9-10,18H2,1-2H3,(H,19,20). The van der Waals surface area contributed by atoms with Crippen LogP contribution in [0, 0.1) is 5.41 Å². The topological polar surface area (TPSA) is 50.9 Å². The highest BCUT2D eigenvalue weighted by Gasteiger charge is 2.32. The minimum absolute atomic E-state index is 0.315. The van der Waals surface area contributed by atoms with E-state index in [0.29, 0.717) is 11.5 Å². The third-order valence-electron chi connectivity index (χ3n) is 4.63. The van der Waals surface area contributed by atoms with Gasteiger partial charge in [-0.2, -0.15) is 0 Å². The highest BCUT2D eigenvalue weighted by atomic mass is 15.0. The van der Waals surface area contributed by atoms with Crippen molar-refractivity contribution in [1.29, 1.82) is 0 Å². The molecular weight excluding hydrogens is 246 g/mol. The van der Waals surface area contributed by atoms with Gasteiger partial charge >= 0.3 is 0 Å². The number of nitrogens with zero attached hydrogens (tertiary/aromatic N) is 1. The van der Waals surface area contributed by atoms with E-state index in [9.17, 15) is 0 Å². The molecule has 106 valence electrons. The van der Waals surface area contributed by atoms with Crippen molar-refractivity contribution in [2.75, 3.05) is 11.1 Å². The Balaban J connectivity index is 2.00. The molecule has 2 aromatic rings. The van der Waals surface area contributed by atoms with Gasteiger partial charge in [-0.3, -0.25) is 4.98 Å². The average molecular weight is 269 g/mol. The second kappa shape index (κ2) is 4.97. The molecule has 3 rings (SSSR count). The van der Waals surface area contributed by atoms with Crippen molar-refractivity contribution >= 4 is 22.3 Å². The zero-order valence-electron chi connectivity index (χ0n) is 12.3. The summed E-state index contributed by atoms with van der Waals surface area (Å²) in [6, 6.07) is 8.66. The molecule has 0 aliphatic heterocycles. The average Bonchev–Trinajstić information content (AvgIpc) is 2.43. The molecule has 0 amide bonds. The maximum Gasteiger partial charge on any atom is 0.0743 e. The van der Waals surface area contributed by atoms with E-state index >= 15 is 0 Å². The normalized spacial score (nSPS) is 21.8. The van der Waals surface area contributed by atoms with Crippen LogP contribution in [-0.2, 0) is 0 Å². The molecular formula is C17H23N3. The van der Waals surface area contributed by atoms with Crippen LogP contribution >= 0.6 is 0 Å². The molecule has 0 radical (unpaired) electrons. The zero-order chi connectivity index (χ0) is 14.2. The fourth-order valence-electron chi connectivity index (χ4n) is 3.25. The summed E-state index contributed by atoms with van der Waals surface area (Å²) in [5.41, 5.74) is 9.27. The fourth-order valence-corrected chi connectivity index (χ4v) is 3.25. The lowest BCUT2D eigenvalue weighted by atomic mass is 9.73. The van der Waals surface area contributed by atoms with Crippen LogP contribution in [0.5, 0.6) is 0 Å². The molecule has 1 unspecified atom stereocenters. The molecule has 3 N–H and O–H groups in total. The first-order chi connectivity index (χ1) is 9.58. The molecule has 1 atom stereocenters. The lowest BCUT2D eigenvalue weighted by Crippen LogP contribution is -2.39. The highest BCUT2D eigenvalue weighted by molar-refractivity contribution is 5.96. The minimum atomic E-state index is 0.315. The van der Waals surface area contributed by atoms with Gasteiger partial charge in [0.2, 0.25) is 0 Å². The highest BCUT2D eigenvalue weighted by Crippen LogP contribution is 2.39. The Labute approximate surface area is 120 Å². The van der Waals surface area contributed by atoms with Crippen LogP contribution < -0.4 is 11.1 Å². The largest absolute Gasteiger partial charge is 0.396 e. The van der Waals surface area contributed by atoms with Gasteiger partial charge in [0, 0.05) is 11.4 Å². The Bertz CT molecular complexity index is 619. The van der Waals surface area contributed by atoms with E-state index in [0.717, 1.165) is 22.3 Å². The Morgan fingerprint density at radius 1 is 1.25 bits per heavy atom. The molecule has 3 heteroatoms. The quantitative estimate of drug-likeness (QED) is 0.859. The lowest BCUT2D eigenvalue weighted by molar-refractivity contribution is 0.217. The molecule has 1 aliphatic rings. The molecule has 1 aromatic carbocycles. The molecule has 0 bridgehead atoms. The molecule has 1 saturated carbocycles. The van der Waals surface area contributed by atoms with E-state index in [-0.39, 0.29) is 0 Å². The number of fused-ring (bicyclic) bond motifs is 1. The monoisotopic (exact) mass is 269 g/mol. The molecule has 0 saturated heterocycles. The van der Waals surface area contributed by atoms with E-state index in [1.165, 1.54) is 25.7 Å². The van der Waals surface area contributed by atoms with Crippen molar-refractivity contribution in [3.8, 4) is 0 Å². The molecule has 20 heavy (non-hydrogen) atoms. The van der Waals surface area contributed by atoms with Crippen LogP contribution in [0.25, 0.3) is 10.9 Å².